The summed E-state index contributed by atoms with van der Waals surface area (Å²) < 4.78 is 0. The first-order valence-corrected chi connectivity index (χ1v) is 6.74. The normalized spacial score (nSPS) is 10.3. The standard InChI is InChI=1S/C15H23NO3/c1-5-7-10-18-19-15(17)14-9-8-13(16(3)4)11-12(14)6-2/h8-9,11H,5-7,10H2,1-4H3. The van der Waals surface area contributed by atoms with Crippen molar-refractivity contribution < 1.29 is 14.6 Å². The second-order valence-corrected chi connectivity index (χ2v) is 4.64. The molecule has 0 fully saturated rings. The third-order valence-electron chi connectivity index (χ3n) is 2.92. The molecular weight excluding hydrogens is 242 g/mol. The van der Waals surface area contributed by atoms with Crippen LogP contribution < -0.4 is 4.90 Å². The number of anilines is 1. The molecule has 0 aliphatic heterocycles. The van der Waals surface area contributed by atoms with Crippen molar-refractivity contribution in [2.75, 3.05) is 25.6 Å². The summed E-state index contributed by atoms with van der Waals surface area (Å²) in [5, 5.41) is 0. The van der Waals surface area contributed by atoms with Gasteiger partial charge >= 0.3 is 5.97 Å². The molecule has 1 aromatic rings. The molecule has 1 rings (SSSR count). The fraction of sp³-hybridized carbons (Fsp3) is 0.533. The molecule has 0 atom stereocenters. The summed E-state index contributed by atoms with van der Waals surface area (Å²) in [6, 6.07) is 5.70. The quantitative estimate of drug-likeness (QED) is 0.431. The maximum atomic E-state index is 11.9. The topological polar surface area (TPSA) is 38.8 Å². The van der Waals surface area contributed by atoms with Crippen LogP contribution in [0.25, 0.3) is 0 Å². The highest BCUT2D eigenvalue weighted by molar-refractivity contribution is 5.91. The highest BCUT2D eigenvalue weighted by Crippen LogP contribution is 2.19. The molecule has 0 N–H and O–H groups in total. The van der Waals surface area contributed by atoms with Crippen molar-refractivity contribution in [3.05, 3.63) is 29.3 Å². The molecule has 0 saturated heterocycles. The maximum Gasteiger partial charge on any atom is 0.373 e. The minimum absolute atomic E-state index is 0.418. The Labute approximate surface area is 115 Å². The van der Waals surface area contributed by atoms with Crippen LogP contribution in [0.1, 0.15) is 42.6 Å². The van der Waals surface area contributed by atoms with Gasteiger partial charge in [0.05, 0.1) is 12.2 Å². The number of carbonyl (C=O) groups excluding carboxylic acids is 1. The van der Waals surface area contributed by atoms with Gasteiger partial charge in [-0.05, 0) is 36.6 Å². The third kappa shape index (κ3) is 4.56. The summed E-state index contributed by atoms with van der Waals surface area (Å²) >= 11 is 0. The van der Waals surface area contributed by atoms with Crippen LogP contribution in [-0.4, -0.2) is 26.7 Å². The van der Waals surface area contributed by atoms with Gasteiger partial charge in [-0.25, -0.2) is 4.79 Å². The molecule has 4 nitrogen and oxygen atoms in total. The lowest BCUT2D eigenvalue weighted by Crippen LogP contribution is -2.12. The Hall–Kier alpha value is -1.55. The number of nitrogens with zero attached hydrogens (tertiary/aromatic N) is 1. The molecule has 106 valence electrons. The third-order valence-corrected chi connectivity index (χ3v) is 2.92. The first kappa shape index (κ1) is 15.5. The lowest BCUT2D eigenvalue weighted by atomic mass is 10.0. The maximum absolute atomic E-state index is 11.9. The zero-order valence-corrected chi connectivity index (χ0v) is 12.2. The van der Waals surface area contributed by atoms with E-state index in [1.54, 1.807) is 6.07 Å². The Bertz CT molecular complexity index is 416. The zero-order valence-electron chi connectivity index (χ0n) is 12.2. The van der Waals surface area contributed by atoms with Crippen molar-refractivity contribution in [2.24, 2.45) is 0 Å². The molecule has 0 saturated carbocycles. The molecule has 1 aromatic carbocycles. The smallest absolute Gasteiger partial charge is 0.373 e. The number of aryl methyl sites for hydroxylation is 1. The molecule has 0 unspecified atom stereocenters. The summed E-state index contributed by atoms with van der Waals surface area (Å²) in [4.78, 5) is 23.6. The van der Waals surface area contributed by atoms with E-state index in [0.717, 1.165) is 30.5 Å². The monoisotopic (exact) mass is 265 g/mol. The Balaban J connectivity index is 2.73. The van der Waals surface area contributed by atoms with Gasteiger partial charge in [-0.3, -0.25) is 4.89 Å². The lowest BCUT2D eigenvalue weighted by molar-refractivity contribution is -0.241. The van der Waals surface area contributed by atoms with Crippen LogP contribution >= 0.6 is 0 Å². The van der Waals surface area contributed by atoms with E-state index in [1.165, 1.54) is 0 Å². The molecule has 0 heterocycles. The van der Waals surface area contributed by atoms with E-state index < -0.39 is 5.97 Å². The Morgan fingerprint density at radius 1 is 1.26 bits per heavy atom. The number of benzene rings is 1. The molecule has 19 heavy (non-hydrogen) atoms. The van der Waals surface area contributed by atoms with E-state index in [-0.39, 0.29) is 0 Å². The van der Waals surface area contributed by atoms with Crippen molar-refractivity contribution in [1.29, 1.82) is 0 Å². The first-order valence-electron chi connectivity index (χ1n) is 6.74. The molecule has 0 aliphatic carbocycles. The molecular formula is C15H23NO3. The number of hydrogen-bond acceptors (Lipinski definition) is 4. The second-order valence-electron chi connectivity index (χ2n) is 4.64. The number of carbonyl (C=O) groups is 1. The Morgan fingerprint density at radius 2 is 2.00 bits per heavy atom. The molecule has 0 bridgehead atoms. The molecule has 0 aromatic heterocycles. The molecule has 0 aliphatic rings. The van der Waals surface area contributed by atoms with Crippen molar-refractivity contribution in [2.45, 2.75) is 33.1 Å². The van der Waals surface area contributed by atoms with E-state index in [1.807, 2.05) is 38.1 Å². The number of hydrogen-bond donors (Lipinski definition) is 0. The van der Waals surface area contributed by atoms with Crippen molar-refractivity contribution in [3.8, 4) is 0 Å². The first-order chi connectivity index (χ1) is 9.10. The van der Waals surface area contributed by atoms with Crippen molar-refractivity contribution in [3.63, 3.8) is 0 Å². The summed E-state index contributed by atoms with van der Waals surface area (Å²) in [6.45, 7) is 4.52. The van der Waals surface area contributed by atoms with Gasteiger partial charge < -0.3 is 4.90 Å². The molecule has 0 spiro atoms. The molecule has 0 amide bonds. The highest BCUT2D eigenvalue weighted by Gasteiger charge is 2.14. The van der Waals surface area contributed by atoms with Crippen molar-refractivity contribution in [1.82, 2.24) is 0 Å². The van der Waals surface area contributed by atoms with Gasteiger partial charge in [0.15, 0.2) is 0 Å². The lowest BCUT2D eigenvalue weighted by Gasteiger charge is -2.15. The zero-order chi connectivity index (χ0) is 14.3. The van der Waals surface area contributed by atoms with Gasteiger partial charge in [0.1, 0.15) is 0 Å². The predicted octanol–water partition coefficient (Wildman–Crippen LogP) is 3.20. The van der Waals surface area contributed by atoms with Crippen LogP contribution in [-0.2, 0) is 16.2 Å². The average Bonchev–Trinajstić information content (AvgIpc) is 2.42. The summed E-state index contributed by atoms with van der Waals surface area (Å²) in [5.41, 5.74) is 2.61. The SMILES string of the molecule is CCCCOOC(=O)c1ccc(N(C)C)cc1CC. The van der Waals surface area contributed by atoms with Gasteiger partial charge in [-0.15, -0.1) is 0 Å². The number of rotatable bonds is 7. The van der Waals surface area contributed by atoms with E-state index in [9.17, 15) is 4.79 Å². The largest absolute Gasteiger partial charge is 0.378 e. The van der Waals surface area contributed by atoms with E-state index >= 15 is 0 Å². The van der Waals surface area contributed by atoms with Gasteiger partial charge in [-0.2, -0.15) is 4.89 Å². The van der Waals surface area contributed by atoms with Gasteiger partial charge in [-0.1, -0.05) is 20.3 Å². The minimum Gasteiger partial charge on any atom is -0.378 e. The Kier molecular flexibility index (Phi) is 6.36. The van der Waals surface area contributed by atoms with Crippen LogP contribution in [0.2, 0.25) is 0 Å². The second kappa shape index (κ2) is 7.79. The predicted molar refractivity (Wildman–Crippen MR) is 76.4 cm³/mol. The van der Waals surface area contributed by atoms with Gasteiger partial charge in [0, 0.05) is 19.8 Å². The molecule has 0 radical (unpaired) electrons. The van der Waals surface area contributed by atoms with Crippen LogP contribution in [0.3, 0.4) is 0 Å². The minimum atomic E-state index is -0.418. The highest BCUT2D eigenvalue weighted by atomic mass is 17.2. The summed E-state index contributed by atoms with van der Waals surface area (Å²) in [5.74, 6) is -0.418. The van der Waals surface area contributed by atoms with Crippen LogP contribution in [0.15, 0.2) is 18.2 Å². The van der Waals surface area contributed by atoms with E-state index in [2.05, 4.69) is 6.92 Å². The fourth-order valence-corrected chi connectivity index (χ4v) is 1.69. The summed E-state index contributed by atoms with van der Waals surface area (Å²) in [7, 11) is 3.95. The molecule has 4 heteroatoms. The van der Waals surface area contributed by atoms with Crippen LogP contribution in [0.4, 0.5) is 5.69 Å². The average molecular weight is 265 g/mol. The van der Waals surface area contributed by atoms with Crippen molar-refractivity contribution >= 4 is 11.7 Å². The Morgan fingerprint density at radius 3 is 2.58 bits per heavy atom. The summed E-state index contributed by atoms with van der Waals surface area (Å²) in [6.07, 6.45) is 2.67. The van der Waals surface area contributed by atoms with Crippen LogP contribution in [0, 0.1) is 0 Å². The van der Waals surface area contributed by atoms with Gasteiger partial charge in [0.2, 0.25) is 0 Å². The van der Waals surface area contributed by atoms with Gasteiger partial charge in [0.25, 0.3) is 0 Å². The van der Waals surface area contributed by atoms with Crippen LogP contribution in [0.5, 0.6) is 0 Å². The fourth-order valence-electron chi connectivity index (χ4n) is 1.69. The number of unbranched alkanes of at least 4 members (excludes halogenated alkanes) is 1. The van der Waals surface area contributed by atoms with E-state index in [4.69, 9.17) is 9.78 Å². The van der Waals surface area contributed by atoms with E-state index in [0.29, 0.717) is 12.2 Å².